The van der Waals surface area contributed by atoms with Gasteiger partial charge in [-0.2, -0.15) is 4.57 Å². The van der Waals surface area contributed by atoms with Crippen LogP contribution >= 0.6 is 0 Å². The van der Waals surface area contributed by atoms with Crippen molar-refractivity contribution in [1.82, 2.24) is 0 Å². The third-order valence-corrected chi connectivity index (χ3v) is 5.49. The standard InChI is InChI=1S/C29H23N2.ClHO4/c30-26-18-10-11-19-27(26)31-28(23-14-6-2-7-15-23)20-25(22-12-4-1-5-13-22)21-29(31)24-16-8-3-9-17-24;2-1(3,4)5/h1-21H,30H2;(H,2,3,4,5)/q+1;/p-1. The van der Waals surface area contributed by atoms with E-state index in [1.807, 2.05) is 36.4 Å². The van der Waals surface area contributed by atoms with E-state index >= 15 is 0 Å². The Labute approximate surface area is 211 Å². The number of hydrogen-bond acceptors (Lipinski definition) is 5. The summed E-state index contributed by atoms with van der Waals surface area (Å²) in [5.41, 5.74) is 15.0. The van der Waals surface area contributed by atoms with Gasteiger partial charge in [0.15, 0.2) is 0 Å². The van der Waals surface area contributed by atoms with E-state index in [9.17, 15) is 0 Å². The second kappa shape index (κ2) is 11.1. The van der Waals surface area contributed by atoms with Crippen molar-refractivity contribution in [2.24, 2.45) is 0 Å². The summed E-state index contributed by atoms with van der Waals surface area (Å²) < 4.78 is 36.2. The van der Waals surface area contributed by atoms with E-state index < -0.39 is 10.2 Å². The fourth-order valence-electron chi connectivity index (χ4n) is 3.99. The van der Waals surface area contributed by atoms with Crippen molar-refractivity contribution >= 4 is 5.69 Å². The lowest BCUT2D eigenvalue weighted by molar-refractivity contribution is -2.00. The van der Waals surface area contributed by atoms with Crippen molar-refractivity contribution in [2.45, 2.75) is 0 Å². The average Bonchev–Trinajstić information content (AvgIpc) is 2.89. The van der Waals surface area contributed by atoms with Crippen molar-refractivity contribution in [3.05, 3.63) is 127 Å². The fourth-order valence-corrected chi connectivity index (χ4v) is 3.99. The highest BCUT2D eigenvalue weighted by molar-refractivity contribution is 5.74. The van der Waals surface area contributed by atoms with Crippen LogP contribution in [0.1, 0.15) is 0 Å². The zero-order chi connectivity index (χ0) is 25.5. The monoisotopic (exact) mass is 498 g/mol. The number of nitrogens with two attached hydrogens (primary N) is 1. The molecule has 0 aliphatic carbocycles. The summed E-state index contributed by atoms with van der Waals surface area (Å²) in [4.78, 5) is 0. The molecule has 0 aliphatic heterocycles. The van der Waals surface area contributed by atoms with Gasteiger partial charge in [0.1, 0.15) is 5.69 Å². The number of hydrogen-bond donors (Lipinski definition) is 1. The Balaban J connectivity index is 0.000000556. The van der Waals surface area contributed by atoms with E-state index in [0.29, 0.717) is 0 Å². The maximum atomic E-state index is 8.49. The molecule has 5 aromatic rings. The quantitative estimate of drug-likeness (QED) is 0.299. The Hall–Kier alpha value is -4.04. The van der Waals surface area contributed by atoms with Gasteiger partial charge in [0.2, 0.25) is 17.1 Å². The number of aromatic nitrogens is 1. The lowest BCUT2D eigenvalue weighted by Crippen LogP contribution is -2.68. The van der Waals surface area contributed by atoms with Crippen LogP contribution in [0.3, 0.4) is 0 Å². The second-order valence-corrected chi connectivity index (χ2v) is 8.64. The molecule has 0 saturated heterocycles. The Morgan fingerprint density at radius 1 is 0.472 bits per heavy atom. The maximum Gasteiger partial charge on any atom is 0.234 e. The first-order valence-electron chi connectivity index (χ1n) is 11.0. The summed E-state index contributed by atoms with van der Waals surface area (Å²) in [5.74, 6) is 0. The van der Waals surface area contributed by atoms with E-state index in [1.165, 1.54) is 11.1 Å². The molecule has 4 aromatic carbocycles. The molecular weight excluding hydrogens is 476 g/mol. The third kappa shape index (κ3) is 6.34. The molecule has 7 heteroatoms. The van der Waals surface area contributed by atoms with Crippen molar-refractivity contribution in [2.75, 3.05) is 5.73 Å². The minimum Gasteiger partial charge on any atom is -0.393 e. The van der Waals surface area contributed by atoms with E-state index in [0.717, 1.165) is 33.9 Å². The summed E-state index contributed by atoms with van der Waals surface area (Å²) in [6.45, 7) is 0. The summed E-state index contributed by atoms with van der Waals surface area (Å²) in [6.07, 6.45) is 0. The smallest absolute Gasteiger partial charge is 0.234 e. The van der Waals surface area contributed by atoms with Gasteiger partial charge in [-0.25, -0.2) is 18.6 Å². The van der Waals surface area contributed by atoms with Crippen LogP contribution in [0, 0.1) is 10.2 Å². The molecule has 0 atom stereocenters. The minimum atomic E-state index is -4.94. The number of rotatable bonds is 4. The van der Waals surface area contributed by atoms with Crippen molar-refractivity contribution in [1.29, 1.82) is 0 Å². The van der Waals surface area contributed by atoms with Crippen LogP contribution in [0.15, 0.2) is 127 Å². The Morgan fingerprint density at radius 3 is 1.25 bits per heavy atom. The molecule has 1 aromatic heterocycles. The van der Waals surface area contributed by atoms with Gasteiger partial charge in [0.05, 0.1) is 0 Å². The van der Waals surface area contributed by atoms with Crippen molar-refractivity contribution < 1.29 is 33.4 Å². The number of anilines is 1. The highest BCUT2D eigenvalue weighted by Gasteiger charge is 2.26. The second-order valence-electron chi connectivity index (χ2n) is 7.88. The lowest BCUT2D eigenvalue weighted by Gasteiger charge is -2.17. The first-order valence-corrected chi connectivity index (χ1v) is 12.3. The molecule has 180 valence electrons. The van der Waals surface area contributed by atoms with E-state index in [-0.39, 0.29) is 0 Å². The van der Waals surface area contributed by atoms with Crippen molar-refractivity contribution in [3.8, 4) is 39.3 Å². The average molecular weight is 499 g/mol. The molecule has 0 saturated carbocycles. The highest BCUT2D eigenvalue weighted by atomic mass is 35.7. The van der Waals surface area contributed by atoms with Gasteiger partial charge in [-0.15, -0.1) is 10.2 Å². The molecule has 1 heterocycles. The van der Waals surface area contributed by atoms with Crippen LogP contribution in [-0.4, -0.2) is 0 Å². The summed E-state index contributed by atoms with van der Waals surface area (Å²) in [7, 11) is -4.94. The Bertz CT molecular complexity index is 1360. The third-order valence-electron chi connectivity index (χ3n) is 5.49. The SMILES string of the molecule is Nc1ccccc1-[n+]1c(-c2ccccc2)cc(-c2ccccc2)cc1-c1ccccc1.[O-][Cl+3]([O-])([O-])[O-]. The van der Waals surface area contributed by atoms with Gasteiger partial charge in [0, 0.05) is 29.3 Å². The lowest BCUT2D eigenvalue weighted by atomic mass is 9.98. The Morgan fingerprint density at radius 2 is 0.833 bits per heavy atom. The van der Waals surface area contributed by atoms with Gasteiger partial charge in [-0.1, -0.05) is 78.9 Å². The van der Waals surface area contributed by atoms with Gasteiger partial charge >= 0.3 is 0 Å². The number of nitrogens with zero attached hydrogens (tertiary/aromatic N) is 1. The van der Waals surface area contributed by atoms with Crippen LogP contribution in [0.5, 0.6) is 0 Å². The number of pyridine rings is 1. The van der Waals surface area contributed by atoms with Gasteiger partial charge in [-0.05, 0) is 41.5 Å². The molecule has 5 rings (SSSR count). The first-order chi connectivity index (χ1) is 17.3. The zero-order valence-electron chi connectivity index (χ0n) is 19.2. The van der Waals surface area contributed by atoms with E-state index in [2.05, 4.69) is 95.6 Å². The number of benzene rings is 4. The molecule has 36 heavy (non-hydrogen) atoms. The number of halogens is 1. The largest absolute Gasteiger partial charge is 0.393 e. The molecule has 0 unspecified atom stereocenters. The van der Waals surface area contributed by atoms with E-state index in [4.69, 9.17) is 24.4 Å². The van der Waals surface area contributed by atoms with Gasteiger partial charge < -0.3 is 5.73 Å². The summed E-state index contributed by atoms with van der Waals surface area (Å²) in [5, 5.41) is 0. The van der Waals surface area contributed by atoms with Gasteiger partial charge in [0.25, 0.3) is 0 Å². The zero-order valence-corrected chi connectivity index (χ0v) is 19.9. The summed E-state index contributed by atoms with van der Waals surface area (Å²) in [6, 6.07) is 44.0. The van der Waals surface area contributed by atoms with Crippen LogP contribution < -0.4 is 28.9 Å². The molecule has 2 N–H and O–H groups in total. The molecular formula is C29H23ClN2O4. The summed E-state index contributed by atoms with van der Waals surface area (Å²) >= 11 is 0. The maximum absolute atomic E-state index is 8.49. The molecule has 0 spiro atoms. The first kappa shape index (κ1) is 25.1. The highest BCUT2D eigenvalue weighted by Crippen LogP contribution is 2.31. The van der Waals surface area contributed by atoms with Crippen LogP contribution in [0.2, 0.25) is 0 Å². The van der Waals surface area contributed by atoms with E-state index in [1.54, 1.807) is 0 Å². The fraction of sp³-hybridized carbons (Fsp3) is 0. The molecule has 0 radical (unpaired) electrons. The van der Waals surface area contributed by atoms with Crippen LogP contribution in [0.25, 0.3) is 39.3 Å². The van der Waals surface area contributed by atoms with Crippen molar-refractivity contribution in [3.63, 3.8) is 0 Å². The molecule has 0 aliphatic rings. The molecule has 6 nitrogen and oxygen atoms in total. The van der Waals surface area contributed by atoms with Crippen LogP contribution in [0.4, 0.5) is 5.69 Å². The number of nitrogen functional groups attached to an aromatic ring is 1. The predicted molar refractivity (Wildman–Crippen MR) is 129 cm³/mol. The minimum absolute atomic E-state index is 0.745. The topological polar surface area (TPSA) is 122 Å². The normalized spacial score (nSPS) is 10.9. The molecule has 0 fully saturated rings. The predicted octanol–water partition coefficient (Wildman–Crippen LogP) is 1.79. The Kier molecular flexibility index (Phi) is 7.75. The van der Waals surface area contributed by atoms with Gasteiger partial charge in [-0.3, -0.25) is 0 Å². The van der Waals surface area contributed by atoms with Crippen LogP contribution in [-0.2, 0) is 0 Å². The molecule has 0 bridgehead atoms. The number of para-hydroxylation sites is 2. The molecule has 0 amide bonds.